The van der Waals surface area contributed by atoms with Crippen LogP contribution in [0.15, 0.2) is 52.6 Å². The fourth-order valence-electron chi connectivity index (χ4n) is 2.52. The molecule has 140 valence electrons. The van der Waals surface area contributed by atoms with Gasteiger partial charge in [0.2, 0.25) is 5.91 Å². The van der Waals surface area contributed by atoms with Gasteiger partial charge in [0.05, 0.1) is 24.8 Å². The van der Waals surface area contributed by atoms with Crippen molar-refractivity contribution in [3.05, 3.63) is 58.2 Å². The molecule has 0 bridgehead atoms. The van der Waals surface area contributed by atoms with Crippen molar-refractivity contribution < 1.29 is 14.3 Å². The first-order valence-electron chi connectivity index (χ1n) is 8.20. The zero-order valence-electron chi connectivity index (χ0n) is 15.1. The Balaban J connectivity index is 1.88. The third-order valence-electron chi connectivity index (χ3n) is 4.01. The zero-order chi connectivity index (χ0) is 19.4. The van der Waals surface area contributed by atoms with Crippen molar-refractivity contribution in [2.24, 2.45) is 0 Å². The van der Waals surface area contributed by atoms with Crippen molar-refractivity contribution in [2.45, 2.75) is 13.0 Å². The summed E-state index contributed by atoms with van der Waals surface area (Å²) in [6, 6.07) is 11.2. The highest BCUT2D eigenvalue weighted by Crippen LogP contribution is 2.29. The lowest BCUT2D eigenvalue weighted by Gasteiger charge is -2.16. The minimum atomic E-state index is -0.812. The second kappa shape index (κ2) is 8.05. The second-order valence-electron chi connectivity index (χ2n) is 5.71. The fraction of sp³-hybridized carbons (Fsp3) is 0.211. The highest BCUT2D eigenvalue weighted by molar-refractivity contribution is 7.13. The van der Waals surface area contributed by atoms with Gasteiger partial charge in [-0.05, 0) is 36.6 Å². The Morgan fingerprint density at radius 1 is 1.19 bits per heavy atom. The van der Waals surface area contributed by atoms with Crippen molar-refractivity contribution >= 4 is 22.9 Å². The normalized spacial score (nSPS) is 11.7. The van der Waals surface area contributed by atoms with Gasteiger partial charge in [0, 0.05) is 12.1 Å². The Hall–Kier alpha value is -3.13. The number of rotatable bonds is 6. The Morgan fingerprint density at radius 2 is 2.00 bits per heavy atom. The molecule has 1 atom stereocenters. The molecule has 3 aromatic rings. The second-order valence-corrected chi connectivity index (χ2v) is 6.66. The summed E-state index contributed by atoms with van der Waals surface area (Å²) >= 11 is 1.51. The van der Waals surface area contributed by atoms with Crippen molar-refractivity contribution in [3.63, 3.8) is 0 Å². The lowest BCUT2D eigenvalue weighted by molar-refractivity contribution is -0.119. The molecule has 0 fully saturated rings. The lowest BCUT2D eigenvalue weighted by atomic mass is 10.2. The first-order valence-corrected chi connectivity index (χ1v) is 9.08. The van der Waals surface area contributed by atoms with Crippen LogP contribution >= 0.6 is 11.3 Å². The Kier molecular flexibility index (Phi) is 5.56. The molecular formula is C19H19N3O4S. The van der Waals surface area contributed by atoms with Crippen LogP contribution < -0.4 is 20.3 Å². The molecule has 2 aromatic heterocycles. The monoisotopic (exact) mass is 385 g/mol. The molecule has 0 aliphatic heterocycles. The third kappa shape index (κ3) is 4.01. The van der Waals surface area contributed by atoms with E-state index in [9.17, 15) is 9.59 Å². The summed E-state index contributed by atoms with van der Waals surface area (Å²) in [5.74, 6) is 0.678. The van der Waals surface area contributed by atoms with Gasteiger partial charge in [-0.15, -0.1) is 11.3 Å². The van der Waals surface area contributed by atoms with E-state index < -0.39 is 6.04 Å². The standard InChI is InChI=1S/C19H19N3O4S/c1-12(19(24)20-15-11-13(25-2)6-8-16(15)26-3)22-18(23)9-7-14(21-22)17-5-4-10-27-17/h4-12H,1-3H3,(H,20,24). The minimum Gasteiger partial charge on any atom is -0.497 e. The van der Waals surface area contributed by atoms with Crippen molar-refractivity contribution in [1.82, 2.24) is 9.78 Å². The molecule has 0 aliphatic rings. The highest BCUT2D eigenvalue weighted by atomic mass is 32.1. The van der Waals surface area contributed by atoms with Crippen molar-refractivity contribution in [2.75, 3.05) is 19.5 Å². The predicted octanol–water partition coefficient (Wildman–Crippen LogP) is 3.19. The van der Waals surface area contributed by atoms with E-state index in [4.69, 9.17) is 9.47 Å². The van der Waals surface area contributed by atoms with E-state index in [-0.39, 0.29) is 11.5 Å². The molecule has 0 saturated heterocycles. The first-order chi connectivity index (χ1) is 13.0. The van der Waals surface area contributed by atoms with Crippen molar-refractivity contribution in [3.8, 4) is 22.1 Å². The number of hydrogen-bond acceptors (Lipinski definition) is 6. The van der Waals surface area contributed by atoms with Crippen LogP contribution in [0.5, 0.6) is 11.5 Å². The Labute approximate surface area is 160 Å². The molecule has 27 heavy (non-hydrogen) atoms. The first kappa shape index (κ1) is 18.7. The number of hydrogen-bond donors (Lipinski definition) is 1. The summed E-state index contributed by atoms with van der Waals surface area (Å²) in [4.78, 5) is 25.9. The number of carbonyl (C=O) groups excluding carboxylic acids is 1. The zero-order valence-corrected chi connectivity index (χ0v) is 15.9. The lowest BCUT2D eigenvalue weighted by Crippen LogP contribution is -2.33. The van der Waals surface area contributed by atoms with Gasteiger partial charge in [-0.1, -0.05) is 6.07 Å². The van der Waals surface area contributed by atoms with E-state index in [0.29, 0.717) is 22.9 Å². The number of anilines is 1. The van der Waals surface area contributed by atoms with Gasteiger partial charge in [-0.25, -0.2) is 4.68 Å². The highest BCUT2D eigenvalue weighted by Gasteiger charge is 2.20. The molecule has 1 N–H and O–H groups in total. The maximum Gasteiger partial charge on any atom is 0.267 e. The third-order valence-corrected chi connectivity index (χ3v) is 4.90. The number of thiophene rings is 1. The van der Waals surface area contributed by atoms with Crippen LogP contribution in [-0.2, 0) is 4.79 Å². The molecule has 0 spiro atoms. The SMILES string of the molecule is COc1ccc(OC)c(NC(=O)C(C)n2nc(-c3cccs3)ccc2=O)c1. The van der Waals surface area contributed by atoms with Gasteiger partial charge < -0.3 is 14.8 Å². The molecule has 2 heterocycles. The van der Waals surface area contributed by atoms with Gasteiger partial charge in [0.1, 0.15) is 23.2 Å². The van der Waals surface area contributed by atoms with E-state index in [1.165, 1.54) is 36.3 Å². The fourth-order valence-corrected chi connectivity index (χ4v) is 3.21. The molecular weight excluding hydrogens is 366 g/mol. The number of methoxy groups -OCH3 is 2. The number of amides is 1. The number of aromatic nitrogens is 2. The summed E-state index contributed by atoms with van der Waals surface area (Å²) < 4.78 is 11.6. The summed E-state index contributed by atoms with van der Waals surface area (Å²) in [6.45, 7) is 1.62. The Morgan fingerprint density at radius 3 is 2.67 bits per heavy atom. The van der Waals surface area contributed by atoms with Crippen LogP contribution in [0, 0.1) is 0 Å². The average Bonchev–Trinajstić information content (AvgIpc) is 3.22. The maximum absolute atomic E-state index is 12.7. The van der Waals surface area contributed by atoms with Crippen LogP contribution in [0.25, 0.3) is 10.6 Å². The summed E-state index contributed by atoms with van der Waals surface area (Å²) in [5.41, 5.74) is 0.745. The number of nitrogens with one attached hydrogen (secondary N) is 1. The molecule has 3 rings (SSSR count). The van der Waals surface area contributed by atoms with Gasteiger partial charge in [0.25, 0.3) is 5.56 Å². The summed E-state index contributed by atoms with van der Waals surface area (Å²) in [7, 11) is 3.05. The topological polar surface area (TPSA) is 82.4 Å². The van der Waals surface area contributed by atoms with Gasteiger partial charge >= 0.3 is 0 Å². The summed E-state index contributed by atoms with van der Waals surface area (Å²) in [6.07, 6.45) is 0. The van der Waals surface area contributed by atoms with E-state index in [1.54, 1.807) is 31.2 Å². The molecule has 0 radical (unpaired) electrons. The van der Waals surface area contributed by atoms with Gasteiger partial charge in [-0.3, -0.25) is 9.59 Å². The average molecular weight is 385 g/mol. The van der Waals surface area contributed by atoms with Crippen molar-refractivity contribution in [1.29, 1.82) is 0 Å². The molecule has 0 aliphatic carbocycles. The molecule has 7 nitrogen and oxygen atoms in total. The quantitative estimate of drug-likeness (QED) is 0.705. The summed E-state index contributed by atoms with van der Waals surface area (Å²) in [5, 5.41) is 9.05. The van der Waals surface area contributed by atoms with Crippen LogP contribution in [0.3, 0.4) is 0 Å². The Bertz CT molecular complexity index is 998. The van der Waals surface area contributed by atoms with Crippen LogP contribution in [0.1, 0.15) is 13.0 Å². The molecule has 1 amide bonds. The maximum atomic E-state index is 12.7. The van der Waals surface area contributed by atoms with Gasteiger partial charge in [-0.2, -0.15) is 5.10 Å². The minimum absolute atomic E-state index is 0.351. The van der Waals surface area contributed by atoms with E-state index in [1.807, 2.05) is 17.5 Å². The largest absolute Gasteiger partial charge is 0.497 e. The number of nitrogens with zero attached hydrogens (tertiary/aromatic N) is 2. The molecule has 1 aromatic carbocycles. The van der Waals surface area contributed by atoms with Crippen LogP contribution in [0.2, 0.25) is 0 Å². The van der Waals surface area contributed by atoms with E-state index in [0.717, 1.165) is 4.88 Å². The predicted molar refractivity (Wildman–Crippen MR) is 105 cm³/mol. The molecule has 1 unspecified atom stereocenters. The number of benzene rings is 1. The van der Waals surface area contributed by atoms with E-state index >= 15 is 0 Å². The molecule has 0 saturated carbocycles. The van der Waals surface area contributed by atoms with E-state index in [2.05, 4.69) is 10.4 Å². The van der Waals surface area contributed by atoms with Crippen LogP contribution in [-0.4, -0.2) is 29.9 Å². The number of ether oxygens (including phenoxy) is 2. The molecule has 8 heteroatoms. The smallest absolute Gasteiger partial charge is 0.267 e. The van der Waals surface area contributed by atoms with Crippen LogP contribution in [0.4, 0.5) is 5.69 Å². The number of carbonyl (C=O) groups is 1. The van der Waals surface area contributed by atoms with Gasteiger partial charge in [0.15, 0.2) is 0 Å².